The summed E-state index contributed by atoms with van der Waals surface area (Å²) in [5.74, 6) is 0. The van der Waals surface area contributed by atoms with Crippen LogP contribution in [-0.4, -0.2) is 0 Å². The zero-order valence-corrected chi connectivity index (χ0v) is 31.8. The van der Waals surface area contributed by atoms with E-state index in [9.17, 15) is 0 Å². The minimum atomic E-state index is -0.147. The van der Waals surface area contributed by atoms with Crippen molar-refractivity contribution < 1.29 is 0 Å². The Kier molecular flexibility index (Phi) is 8.12. The largest absolute Gasteiger partial charge is 0.309 e. The van der Waals surface area contributed by atoms with E-state index in [-0.39, 0.29) is 10.8 Å². The van der Waals surface area contributed by atoms with Gasteiger partial charge in [-0.2, -0.15) is 0 Å². The molecule has 0 radical (unpaired) electrons. The molecule has 0 fully saturated rings. The van der Waals surface area contributed by atoms with Gasteiger partial charge in [-0.05, 0) is 96.8 Å². The summed E-state index contributed by atoms with van der Waals surface area (Å²) in [7, 11) is 0. The Hall–Kier alpha value is -6.18. The molecular weight excluding hydrogens is 651 g/mol. The molecule has 262 valence electrons. The van der Waals surface area contributed by atoms with Crippen molar-refractivity contribution in [1.29, 1.82) is 0 Å². The van der Waals surface area contributed by atoms with Crippen molar-refractivity contribution in [3.05, 3.63) is 199 Å². The fourth-order valence-corrected chi connectivity index (χ4v) is 8.64. The lowest BCUT2D eigenvalue weighted by Crippen LogP contribution is -2.20. The molecule has 54 heavy (non-hydrogen) atoms. The summed E-state index contributed by atoms with van der Waals surface area (Å²) in [6.07, 6.45) is 0. The fourth-order valence-electron chi connectivity index (χ4n) is 8.64. The molecule has 1 heteroatoms. The van der Waals surface area contributed by atoms with Crippen LogP contribution in [0.15, 0.2) is 182 Å². The fraction of sp³-hybridized carbons (Fsp3) is 0.132. The van der Waals surface area contributed by atoms with E-state index in [0.717, 1.165) is 5.69 Å². The van der Waals surface area contributed by atoms with Gasteiger partial charge in [0.05, 0.1) is 5.69 Å². The maximum Gasteiger partial charge on any atom is 0.0621 e. The lowest BCUT2D eigenvalue weighted by atomic mass is 9.81. The molecule has 0 heterocycles. The average Bonchev–Trinajstić information content (AvgIpc) is 3.44. The Labute approximate surface area is 320 Å². The topological polar surface area (TPSA) is 3.24 Å². The number of rotatable bonds is 6. The Morgan fingerprint density at radius 1 is 0.444 bits per heavy atom. The van der Waals surface area contributed by atoms with E-state index in [1.54, 1.807) is 0 Å². The van der Waals surface area contributed by atoms with Crippen molar-refractivity contribution in [2.45, 2.75) is 45.4 Å². The Morgan fingerprint density at radius 3 is 1.65 bits per heavy atom. The first-order chi connectivity index (χ1) is 26.2. The number of benzene rings is 8. The van der Waals surface area contributed by atoms with Gasteiger partial charge in [0.2, 0.25) is 0 Å². The van der Waals surface area contributed by atoms with Crippen LogP contribution in [0.4, 0.5) is 17.1 Å². The quantitative estimate of drug-likeness (QED) is 0.167. The van der Waals surface area contributed by atoms with Crippen LogP contribution in [-0.2, 0) is 10.8 Å². The van der Waals surface area contributed by atoms with Gasteiger partial charge in [0.15, 0.2) is 0 Å². The van der Waals surface area contributed by atoms with Crippen LogP contribution in [0.2, 0.25) is 0 Å². The van der Waals surface area contributed by atoms with E-state index in [0.29, 0.717) is 0 Å². The Morgan fingerprint density at radius 2 is 0.981 bits per heavy atom. The van der Waals surface area contributed by atoms with Crippen LogP contribution in [0.5, 0.6) is 0 Å². The average molecular weight is 696 g/mol. The van der Waals surface area contributed by atoms with Crippen molar-refractivity contribution >= 4 is 27.8 Å². The second-order valence-corrected chi connectivity index (χ2v) is 16.2. The summed E-state index contributed by atoms with van der Waals surface area (Å²) < 4.78 is 0. The molecule has 0 unspecified atom stereocenters. The van der Waals surface area contributed by atoms with E-state index in [4.69, 9.17) is 0 Å². The van der Waals surface area contributed by atoms with Gasteiger partial charge in [-0.1, -0.05) is 186 Å². The number of hydrogen-bond acceptors (Lipinski definition) is 1. The van der Waals surface area contributed by atoms with E-state index in [1.165, 1.54) is 83.3 Å². The van der Waals surface area contributed by atoms with Crippen LogP contribution in [0, 0.1) is 0 Å². The summed E-state index contributed by atoms with van der Waals surface area (Å²) in [5, 5.41) is 2.50. The third-order valence-corrected chi connectivity index (χ3v) is 11.4. The first kappa shape index (κ1) is 33.6. The minimum Gasteiger partial charge on any atom is -0.309 e. The molecule has 1 aliphatic rings. The summed E-state index contributed by atoms with van der Waals surface area (Å²) in [6, 6.07) is 67.0. The van der Waals surface area contributed by atoms with Crippen LogP contribution in [0.25, 0.3) is 55.3 Å². The molecule has 0 amide bonds. The maximum atomic E-state index is 2.57. The zero-order valence-electron chi connectivity index (χ0n) is 31.8. The first-order valence-corrected chi connectivity index (χ1v) is 19.1. The highest BCUT2D eigenvalue weighted by atomic mass is 15.2. The highest BCUT2D eigenvalue weighted by Crippen LogP contribution is 2.57. The van der Waals surface area contributed by atoms with E-state index in [2.05, 4.69) is 222 Å². The van der Waals surface area contributed by atoms with Crippen LogP contribution in [0.3, 0.4) is 0 Å². The molecule has 0 aromatic heterocycles. The van der Waals surface area contributed by atoms with Crippen LogP contribution in [0.1, 0.15) is 51.3 Å². The monoisotopic (exact) mass is 695 g/mol. The molecule has 8 aromatic rings. The highest BCUT2D eigenvalue weighted by molar-refractivity contribution is 6.10. The maximum absolute atomic E-state index is 2.57. The molecule has 0 aliphatic heterocycles. The van der Waals surface area contributed by atoms with Crippen LogP contribution >= 0.6 is 0 Å². The molecule has 9 rings (SSSR count). The van der Waals surface area contributed by atoms with Crippen molar-refractivity contribution in [3.63, 3.8) is 0 Å². The molecule has 0 bridgehead atoms. The summed E-state index contributed by atoms with van der Waals surface area (Å²) in [4.78, 5) is 2.57. The number of fused-ring (bicyclic) bond motifs is 4. The zero-order chi connectivity index (χ0) is 37.0. The van der Waals surface area contributed by atoms with E-state index in [1.807, 2.05) is 0 Å². The summed E-state index contributed by atoms with van der Waals surface area (Å²) in [6.45, 7) is 11.8. The van der Waals surface area contributed by atoms with Gasteiger partial charge in [-0.25, -0.2) is 0 Å². The van der Waals surface area contributed by atoms with Gasteiger partial charge in [0.25, 0.3) is 0 Å². The predicted octanol–water partition coefficient (Wildman–Crippen LogP) is 14.9. The minimum absolute atomic E-state index is 0.141. The van der Waals surface area contributed by atoms with Crippen molar-refractivity contribution in [2.75, 3.05) is 4.90 Å². The lowest BCUT2D eigenvalue weighted by Gasteiger charge is -2.35. The number of nitrogens with zero attached hydrogens (tertiary/aromatic N) is 1. The molecular formula is C53H45N. The molecule has 0 atom stereocenters. The highest BCUT2D eigenvalue weighted by Gasteiger charge is 2.39. The van der Waals surface area contributed by atoms with Gasteiger partial charge < -0.3 is 4.90 Å². The van der Waals surface area contributed by atoms with Crippen molar-refractivity contribution in [1.82, 2.24) is 0 Å². The molecule has 0 saturated heterocycles. The second-order valence-electron chi connectivity index (χ2n) is 16.2. The third kappa shape index (κ3) is 5.63. The molecule has 1 nitrogen and oxygen atoms in total. The number of anilines is 3. The van der Waals surface area contributed by atoms with E-state index < -0.39 is 0 Å². The van der Waals surface area contributed by atoms with Crippen LogP contribution < -0.4 is 4.90 Å². The normalized spacial score (nSPS) is 13.1. The van der Waals surface area contributed by atoms with Gasteiger partial charge in [-0.15, -0.1) is 0 Å². The van der Waals surface area contributed by atoms with Crippen molar-refractivity contribution in [2.24, 2.45) is 0 Å². The molecule has 1 aliphatic carbocycles. The Balaban J connectivity index is 1.33. The molecule has 0 saturated carbocycles. The summed E-state index contributed by atoms with van der Waals surface area (Å²) >= 11 is 0. The summed E-state index contributed by atoms with van der Waals surface area (Å²) in [5.41, 5.74) is 17.3. The van der Waals surface area contributed by atoms with E-state index >= 15 is 0 Å². The molecule has 0 N–H and O–H groups in total. The van der Waals surface area contributed by atoms with Gasteiger partial charge >= 0.3 is 0 Å². The second kappa shape index (κ2) is 13.0. The molecule has 8 aromatic carbocycles. The molecule has 0 spiro atoms. The SMILES string of the molecule is CC(C)(C)c1cc(-c2ccccc2)ccc1N(c1ccc(-c2ccccc2-c2ccccc2)cc1)c1c2c(cc3ccccc13)C(C)(C)c1ccccc1-2. The number of hydrogen-bond donors (Lipinski definition) is 0. The standard InChI is InChI=1S/C53H45N/c1-52(2,3)47-34-39(36-18-8-6-9-19-36)30-33-49(47)54(41-31-28-38(29-32-41)43-24-15-14-23-42(43)37-20-10-7-11-21-37)51-44-25-13-12-22-40(44)35-48-50(51)45-26-16-17-27-46(45)53(48,4)5/h6-35H,1-5H3. The predicted molar refractivity (Wildman–Crippen MR) is 231 cm³/mol. The van der Waals surface area contributed by atoms with Gasteiger partial charge in [-0.3, -0.25) is 0 Å². The smallest absolute Gasteiger partial charge is 0.0621 e. The Bertz CT molecular complexity index is 2640. The lowest BCUT2D eigenvalue weighted by molar-refractivity contribution is 0.591. The van der Waals surface area contributed by atoms with Crippen molar-refractivity contribution in [3.8, 4) is 44.5 Å². The van der Waals surface area contributed by atoms with Gasteiger partial charge in [0.1, 0.15) is 0 Å². The van der Waals surface area contributed by atoms with Gasteiger partial charge in [0, 0.05) is 27.7 Å². The third-order valence-electron chi connectivity index (χ3n) is 11.4. The first-order valence-electron chi connectivity index (χ1n) is 19.1.